The molecule has 0 radical (unpaired) electrons. The highest BCUT2D eigenvalue weighted by atomic mass is 35.5. The first kappa shape index (κ1) is 23.1. The highest BCUT2D eigenvalue weighted by Gasteiger charge is 2.15. The van der Waals surface area contributed by atoms with Gasteiger partial charge in [0.05, 0.1) is 20.7 Å². The summed E-state index contributed by atoms with van der Waals surface area (Å²) >= 11 is 12.1. The number of fused-ring (bicyclic) bond motifs is 1. The second-order valence-electron chi connectivity index (χ2n) is 7.38. The van der Waals surface area contributed by atoms with E-state index in [0.29, 0.717) is 17.8 Å². The molecule has 1 N–H and O–H groups in total. The number of carbonyl (C=O) groups is 1. The van der Waals surface area contributed by atoms with Crippen LogP contribution in [0.1, 0.15) is 11.1 Å². The Morgan fingerprint density at radius 1 is 1.12 bits per heavy atom. The molecule has 0 fully saturated rings. The summed E-state index contributed by atoms with van der Waals surface area (Å²) in [4.78, 5) is 23.5. The van der Waals surface area contributed by atoms with Crippen molar-refractivity contribution in [3.05, 3.63) is 110 Å². The molecule has 0 saturated carbocycles. The number of nitrogens with zero attached hydrogens (tertiary/aromatic N) is 3. The topological polar surface area (TPSA) is 101 Å². The lowest BCUT2D eigenvalue weighted by molar-refractivity contribution is -0.384. The lowest BCUT2D eigenvalue weighted by Gasteiger charge is -2.07. The van der Waals surface area contributed by atoms with Gasteiger partial charge in [-0.25, -0.2) is 0 Å². The average molecular weight is 491 g/mol. The number of nitriles is 1. The lowest BCUT2D eigenvalue weighted by Crippen LogP contribution is -2.13. The number of halogens is 2. The van der Waals surface area contributed by atoms with Crippen LogP contribution < -0.4 is 5.32 Å². The van der Waals surface area contributed by atoms with E-state index in [1.807, 2.05) is 34.9 Å². The maximum atomic E-state index is 12.8. The van der Waals surface area contributed by atoms with Crippen LogP contribution in [0.3, 0.4) is 0 Å². The third-order valence-corrected chi connectivity index (χ3v) is 5.98. The summed E-state index contributed by atoms with van der Waals surface area (Å²) in [6.45, 7) is 0.377. The van der Waals surface area contributed by atoms with E-state index in [2.05, 4.69) is 5.32 Å². The zero-order valence-electron chi connectivity index (χ0n) is 17.5. The van der Waals surface area contributed by atoms with Crippen molar-refractivity contribution >= 4 is 57.5 Å². The van der Waals surface area contributed by atoms with Gasteiger partial charge in [0.15, 0.2) is 0 Å². The third kappa shape index (κ3) is 4.79. The molecular formula is C25H16Cl2N4O3. The number of rotatable bonds is 6. The second-order valence-corrected chi connectivity index (χ2v) is 8.17. The summed E-state index contributed by atoms with van der Waals surface area (Å²) in [6, 6.07) is 20.7. The van der Waals surface area contributed by atoms with Gasteiger partial charge in [0.2, 0.25) is 0 Å². The molecule has 0 aliphatic rings. The molecule has 0 atom stereocenters. The predicted octanol–water partition coefficient (Wildman–Crippen LogP) is 6.45. The summed E-state index contributed by atoms with van der Waals surface area (Å²) in [5, 5.41) is 24.7. The van der Waals surface area contributed by atoms with Gasteiger partial charge in [-0.1, -0.05) is 59.6 Å². The van der Waals surface area contributed by atoms with Crippen LogP contribution in [0.5, 0.6) is 0 Å². The normalized spacial score (nSPS) is 11.3. The maximum Gasteiger partial charge on any atom is 0.269 e. The van der Waals surface area contributed by atoms with Crippen LogP contribution in [0.15, 0.2) is 78.5 Å². The van der Waals surface area contributed by atoms with Crippen molar-refractivity contribution in [3.63, 3.8) is 0 Å². The van der Waals surface area contributed by atoms with Crippen LogP contribution in [-0.4, -0.2) is 15.4 Å². The number of nitro groups is 1. The van der Waals surface area contributed by atoms with Gasteiger partial charge in [0, 0.05) is 41.3 Å². The van der Waals surface area contributed by atoms with Gasteiger partial charge in [-0.2, -0.15) is 5.26 Å². The molecule has 0 bridgehead atoms. The minimum absolute atomic E-state index is 0.0113. The molecule has 1 heterocycles. The predicted molar refractivity (Wildman–Crippen MR) is 133 cm³/mol. The standard InChI is InChI=1S/C25H16Cl2N4O3/c26-21-8-4-9-22(24(21)27)29-25(32)17(13-28)12-18-15-30(23-10-2-1-7-20(18)23)14-16-5-3-6-19(11-16)31(33)34/h1-12,15H,14H2,(H,29,32)/b17-12+. The monoisotopic (exact) mass is 490 g/mol. The first-order valence-electron chi connectivity index (χ1n) is 10.1. The molecule has 7 nitrogen and oxygen atoms in total. The van der Waals surface area contributed by atoms with Crippen molar-refractivity contribution in [2.24, 2.45) is 0 Å². The number of anilines is 1. The molecule has 0 spiro atoms. The number of hydrogen-bond donors (Lipinski definition) is 1. The molecule has 4 rings (SSSR count). The quantitative estimate of drug-likeness (QED) is 0.145. The maximum absolute atomic E-state index is 12.8. The SMILES string of the molecule is N#C/C(=C\c1cn(Cc2cccc([N+](=O)[O-])c2)c2ccccc12)C(=O)Nc1cccc(Cl)c1Cl. The van der Waals surface area contributed by atoms with E-state index in [-0.39, 0.29) is 21.3 Å². The van der Waals surface area contributed by atoms with Crippen LogP contribution in [0.4, 0.5) is 11.4 Å². The molecule has 3 aromatic carbocycles. The van der Waals surface area contributed by atoms with Crippen molar-refractivity contribution < 1.29 is 9.72 Å². The molecule has 4 aromatic rings. The Balaban J connectivity index is 1.69. The second kappa shape index (κ2) is 9.79. The van der Waals surface area contributed by atoms with Crippen molar-refractivity contribution in [1.29, 1.82) is 5.26 Å². The molecule has 0 unspecified atom stereocenters. The number of hydrogen-bond acceptors (Lipinski definition) is 4. The zero-order chi connectivity index (χ0) is 24.2. The zero-order valence-corrected chi connectivity index (χ0v) is 19.0. The first-order valence-corrected chi connectivity index (χ1v) is 10.8. The van der Waals surface area contributed by atoms with Crippen molar-refractivity contribution in [3.8, 4) is 6.07 Å². The minimum atomic E-state index is -0.623. The summed E-state index contributed by atoms with van der Waals surface area (Å²) in [7, 11) is 0. The van der Waals surface area contributed by atoms with Crippen LogP contribution >= 0.6 is 23.2 Å². The van der Waals surface area contributed by atoms with Gasteiger partial charge >= 0.3 is 0 Å². The molecule has 34 heavy (non-hydrogen) atoms. The fraction of sp³-hybridized carbons (Fsp3) is 0.0400. The number of carbonyl (C=O) groups excluding carboxylic acids is 1. The molecular weight excluding hydrogens is 475 g/mol. The first-order chi connectivity index (χ1) is 16.4. The van der Waals surface area contributed by atoms with Crippen molar-refractivity contribution in [2.75, 3.05) is 5.32 Å². The molecule has 0 aliphatic carbocycles. The van der Waals surface area contributed by atoms with Crippen LogP contribution in [0, 0.1) is 21.4 Å². The number of para-hydroxylation sites is 1. The van der Waals surface area contributed by atoms with Gasteiger partial charge < -0.3 is 9.88 Å². The van der Waals surface area contributed by atoms with Crippen LogP contribution in [0.2, 0.25) is 10.0 Å². The molecule has 1 aromatic heterocycles. The van der Waals surface area contributed by atoms with Gasteiger partial charge in [-0.3, -0.25) is 14.9 Å². The molecule has 0 aliphatic heterocycles. The van der Waals surface area contributed by atoms with E-state index in [1.165, 1.54) is 18.2 Å². The molecule has 0 saturated heterocycles. The number of amides is 1. The summed E-state index contributed by atoms with van der Waals surface area (Å²) in [5.74, 6) is -0.623. The smallest absolute Gasteiger partial charge is 0.269 e. The van der Waals surface area contributed by atoms with Gasteiger partial charge in [-0.05, 0) is 29.8 Å². The van der Waals surface area contributed by atoms with Gasteiger partial charge in [-0.15, -0.1) is 0 Å². The van der Waals surface area contributed by atoms with Crippen LogP contribution in [-0.2, 0) is 11.3 Å². The van der Waals surface area contributed by atoms with E-state index in [1.54, 1.807) is 36.5 Å². The fourth-order valence-electron chi connectivity index (χ4n) is 3.58. The Hall–Kier alpha value is -4.12. The summed E-state index contributed by atoms with van der Waals surface area (Å²) in [6.07, 6.45) is 3.31. The fourth-order valence-corrected chi connectivity index (χ4v) is 3.93. The largest absolute Gasteiger partial charge is 0.342 e. The Kier molecular flexibility index (Phi) is 6.64. The Bertz CT molecular complexity index is 1500. The van der Waals surface area contributed by atoms with E-state index < -0.39 is 10.8 Å². The Labute approximate surface area is 204 Å². The Morgan fingerprint density at radius 2 is 1.88 bits per heavy atom. The number of benzene rings is 3. The van der Waals surface area contributed by atoms with E-state index in [9.17, 15) is 20.2 Å². The number of nitrogens with one attached hydrogen (secondary N) is 1. The molecule has 168 valence electrons. The van der Waals surface area contributed by atoms with Gasteiger partial charge in [0.25, 0.3) is 11.6 Å². The Morgan fingerprint density at radius 3 is 2.65 bits per heavy atom. The minimum Gasteiger partial charge on any atom is -0.342 e. The summed E-state index contributed by atoms with van der Waals surface area (Å²) < 4.78 is 1.92. The highest BCUT2D eigenvalue weighted by molar-refractivity contribution is 6.44. The van der Waals surface area contributed by atoms with E-state index >= 15 is 0 Å². The molecule has 1 amide bonds. The van der Waals surface area contributed by atoms with E-state index in [0.717, 1.165) is 16.5 Å². The number of aromatic nitrogens is 1. The van der Waals surface area contributed by atoms with E-state index in [4.69, 9.17) is 23.2 Å². The van der Waals surface area contributed by atoms with Crippen molar-refractivity contribution in [2.45, 2.75) is 6.54 Å². The average Bonchev–Trinajstić information content (AvgIpc) is 3.17. The third-order valence-electron chi connectivity index (χ3n) is 5.16. The molecule has 9 heteroatoms. The number of non-ortho nitro benzene ring substituents is 1. The van der Waals surface area contributed by atoms with Gasteiger partial charge in [0.1, 0.15) is 11.6 Å². The summed E-state index contributed by atoms with van der Waals surface area (Å²) in [5.41, 5.74) is 2.46. The highest BCUT2D eigenvalue weighted by Crippen LogP contribution is 2.30. The van der Waals surface area contributed by atoms with Crippen molar-refractivity contribution in [1.82, 2.24) is 4.57 Å². The van der Waals surface area contributed by atoms with Crippen LogP contribution in [0.25, 0.3) is 17.0 Å². The lowest BCUT2D eigenvalue weighted by atomic mass is 10.1. The number of nitro benzene ring substituents is 1.